The molecule has 5 nitrogen and oxygen atoms in total. The molecular formula is C5H8N4O. The molecule has 2 rings (SSSR count). The monoisotopic (exact) mass is 140 g/mol. The summed E-state index contributed by atoms with van der Waals surface area (Å²) in [6, 6.07) is 0. The van der Waals surface area contributed by atoms with Crippen LogP contribution in [0.3, 0.4) is 0 Å². The normalized spacial score (nSPS) is 31.7. The third-order valence-electron chi connectivity index (χ3n) is 1.84. The highest BCUT2D eigenvalue weighted by Crippen LogP contribution is 2.33. The first-order valence-corrected chi connectivity index (χ1v) is 3.27. The lowest BCUT2D eigenvalue weighted by molar-refractivity contribution is 0.0717. The summed E-state index contributed by atoms with van der Waals surface area (Å²) in [6.07, 6.45) is 1.41. The standard InChI is InChI=1S/C5H8N4O/c10-4-1-3(2-4)5-6-8-9-7-5/h3-4,10H,1-2H2,(H,6,7,8,9). The van der Waals surface area contributed by atoms with Gasteiger partial charge in [0.2, 0.25) is 0 Å². The van der Waals surface area contributed by atoms with Crippen LogP contribution in [0.15, 0.2) is 0 Å². The van der Waals surface area contributed by atoms with Gasteiger partial charge in [0.05, 0.1) is 6.10 Å². The Morgan fingerprint density at radius 3 is 2.80 bits per heavy atom. The molecule has 10 heavy (non-hydrogen) atoms. The lowest BCUT2D eigenvalue weighted by Crippen LogP contribution is -2.27. The molecule has 0 unspecified atom stereocenters. The number of nitrogens with zero attached hydrogens (tertiary/aromatic N) is 3. The van der Waals surface area contributed by atoms with Crippen LogP contribution in [0.1, 0.15) is 24.6 Å². The number of rotatable bonds is 1. The molecule has 2 N–H and O–H groups in total. The largest absolute Gasteiger partial charge is 0.393 e. The molecule has 0 amide bonds. The van der Waals surface area contributed by atoms with Crippen LogP contribution in [0, 0.1) is 0 Å². The fourth-order valence-electron chi connectivity index (χ4n) is 1.14. The highest BCUT2D eigenvalue weighted by atomic mass is 16.3. The Kier molecular flexibility index (Phi) is 1.17. The molecule has 0 aromatic carbocycles. The first-order valence-electron chi connectivity index (χ1n) is 3.27. The lowest BCUT2D eigenvalue weighted by Gasteiger charge is -2.28. The summed E-state index contributed by atoms with van der Waals surface area (Å²) in [6.45, 7) is 0. The second-order valence-corrected chi connectivity index (χ2v) is 2.59. The number of H-pyrrole nitrogens is 1. The molecule has 54 valence electrons. The van der Waals surface area contributed by atoms with Gasteiger partial charge in [-0.25, -0.2) is 0 Å². The highest BCUT2D eigenvalue weighted by Gasteiger charge is 2.31. The van der Waals surface area contributed by atoms with E-state index in [0.29, 0.717) is 5.92 Å². The summed E-state index contributed by atoms with van der Waals surface area (Å²) < 4.78 is 0. The Balaban J connectivity index is 2.04. The average molecular weight is 140 g/mol. The predicted molar refractivity (Wildman–Crippen MR) is 32.2 cm³/mol. The number of aliphatic hydroxyl groups excluding tert-OH is 1. The van der Waals surface area contributed by atoms with Gasteiger partial charge in [0.25, 0.3) is 0 Å². The first-order chi connectivity index (χ1) is 4.86. The summed E-state index contributed by atoms with van der Waals surface area (Å²) in [5.41, 5.74) is 0. The molecule has 0 spiro atoms. The number of hydrogen-bond donors (Lipinski definition) is 2. The molecule has 1 aromatic rings. The van der Waals surface area contributed by atoms with Crippen LogP contribution in [0.25, 0.3) is 0 Å². The molecule has 1 saturated carbocycles. The number of nitrogens with one attached hydrogen (secondary N) is 1. The van der Waals surface area contributed by atoms with Crippen LogP contribution in [0.5, 0.6) is 0 Å². The van der Waals surface area contributed by atoms with E-state index < -0.39 is 0 Å². The minimum Gasteiger partial charge on any atom is -0.393 e. The summed E-state index contributed by atoms with van der Waals surface area (Å²) in [5.74, 6) is 1.05. The van der Waals surface area contributed by atoms with Crippen molar-refractivity contribution in [1.82, 2.24) is 20.6 Å². The van der Waals surface area contributed by atoms with Gasteiger partial charge in [-0.15, -0.1) is 10.2 Å². The summed E-state index contributed by atoms with van der Waals surface area (Å²) in [7, 11) is 0. The lowest BCUT2D eigenvalue weighted by atomic mass is 9.82. The number of aliphatic hydroxyl groups is 1. The maximum Gasteiger partial charge on any atom is 0.177 e. The van der Waals surface area contributed by atoms with Crippen LogP contribution >= 0.6 is 0 Å². The van der Waals surface area contributed by atoms with Gasteiger partial charge in [0, 0.05) is 5.92 Å². The van der Waals surface area contributed by atoms with Crippen molar-refractivity contribution in [3.8, 4) is 0 Å². The molecule has 1 aromatic heterocycles. The molecule has 1 aliphatic carbocycles. The molecule has 0 aliphatic heterocycles. The summed E-state index contributed by atoms with van der Waals surface area (Å²) >= 11 is 0. The molecule has 1 aliphatic rings. The molecule has 0 atom stereocenters. The Bertz CT molecular complexity index is 203. The van der Waals surface area contributed by atoms with E-state index in [1.54, 1.807) is 0 Å². The Labute approximate surface area is 57.5 Å². The fraction of sp³-hybridized carbons (Fsp3) is 0.800. The minimum absolute atomic E-state index is 0.150. The van der Waals surface area contributed by atoms with Gasteiger partial charge in [-0.3, -0.25) is 0 Å². The van der Waals surface area contributed by atoms with E-state index in [-0.39, 0.29) is 6.10 Å². The molecule has 5 heteroatoms. The Morgan fingerprint density at radius 2 is 2.30 bits per heavy atom. The van der Waals surface area contributed by atoms with E-state index in [2.05, 4.69) is 20.6 Å². The van der Waals surface area contributed by atoms with Gasteiger partial charge in [0.15, 0.2) is 5.82 Å². The van der Waals surface area contributed by atoms with Crippen molar-refractivity contribution in [3.63, 3.8) is 0 Å². The molecule has 0 radical (unpaired) electrons. The van der Waals surface area contributed by atoms with E-state index in [1.165, 1.54) is 0 Å². The third-order valence-corrected chi connectivity index (χ3v) is 1.84. The predicted octanol–water partition coefficient (Wildman–Crippen LogP) is -0.562. The van der Waals surface area contributed by atoms with Crippen molar-refractivity contribution < 1.29 is 5.11 Å². The Hall–Kier alpha value is -0.970. The first kappa shape index (κ1) is 5.79. The molecule has 0 saturated heterocycles. The van der Waals surface area contributed by atoms with E-state index in [0.717, 1.165) is 18.7 Å². The summed E-state index contributed by atoms with van der Waals surface area (Å²) in [5, 5.41) is 22.4. The van der Waals surface area contributed by atoms with Gasteiger partial charge in [-0.2, -0.15) is 5.21 Å². The minimum atomic E-state index is -0.150. The zero-order valence-corrected chi connectivity index (χ0v) is 5.36. The van der Waals surface area contributed by atoms with Crippen molar-refractivity contribution in [2.75, 3.05) is 0 Å². The maximum atomic E-state index is 8.93. The third kappa shape index (κ3) is 0.786. The zero-order valence-electron chi connectivity index (χ0n) is 5.36. The maximum absolute atomic E-state index is 8.93. The van der Waals surface area contributed by atoms with Crippen molar-refractivity contribution in [2.24, 2.45) is 0 Å². The van der Waals surface area contributed by atoms with Crippen molar-refractivity contribution in [2.45, 2.75) is 24.9 Å². The highest BCUT2D eigenvalue weighted by molar-refractivity contribution is 4.99. The smallest absolute Gasteiger partial charge is 0.177 e. The second-order valence-electron chi connectivity index (χ2n) is 2.59. The van der Waals surface area contributed by atoms with Crippen molar-refractivity contribution in [1.29, 1.82) is 0 Å². The van der Waals surface area contributed by atoms with E-state index in [9.17, 15) is 0 Å². The van der Waals surface area contributed by atoms with E-state index in [4.69, 9.17) is 5.11 Å². The van der Waals surface area contributed by atoms with Crippen molar-refractivity contribution >= 4 is 0 Å². The van der Waals surface area contributed by atoms with Crippen LogP contribution in [0.4, 0.5) is 0 Å². The van der Waals surface area contributed by atoms with Gasteiger partial charge in [-0.05, 0) is 12.8 Å². The topological polar surface area (TPSA) is 74.7 Å². The second kappa shape index (κ2) is 2.02. The van der Waals surface area contributed by atoms with E-state index in [1.807, 2.05) is 0 Å². The van der Waals surface area contributed by atoms with Crippen LogP contribution < -0.4 is 0 Å². The summed E-state index contributed by atoms with van der Waals surface area (Å²) in [4.78, 5) is 0. The quantitative estimate of drug-likeness (QED) is 0.548. The average Bonchev–Trinajstić information content (AvgIpc) is 2.31. The molecule has 1 fully saturated rings. The SMILES string of the molecule is OC1CC(c2nn[nH]n2)C1. The number of aromatic amines is 1. The zero-order chi connectivity index (χ0) is 6.97. The van der Waals surface area contributed by atoms with Gasteiger partial charge < -0.3 is 5.11 Å². The van der Waals surface area contributed by atoms with E-state index >= 15 is 0 Å². The number of tetrazole rings is 1. The van der Waals surface area contributed by atoms with Crippen LogP contribution in [-0.2, 0) is 0 Å². The van der Waals surface area contributed by atoms with Crippen molar-refractivity contribution in [3.05, 3.63) is 5.82 Å². The molecule has 1 heterocycles. The number of aromatic nitrogens is 4. The van der Waals surface area contributed by atoms with Crippen LogP contribution in [-0.4, -0.2) is 31.8 Å². The van der Waals surface area contributed by atoms with Gasteiger partial charge in [0.1, 0.15) is 0 Å². The van der Waals surface area contributed by atoms with Gasteiger partial charge >= 0.3 is 0 Å². The fourth-order valence-corrected chi connectivity index (χ4v) is 1.14. The van der Waals surface area contributed by atoms with Crippen LogP contribution in [0.2, 0.25) is 0 Å². The molecular weight excluding hydrogens is 132 g/mol. The number of hydrogen-bond acceptors (Lipinski definition) is 4. The Morgan fingerprint density at radius 1 is 1.50 bits per heavy atom. The molecule has 0 bridgehead atoms. The van der Waals surface area contributed by atoms with Gasteiger partial charge in [-0.1, -0.05) is 5.21 Å².